The van der Waals surface area contributed by atoms with E-state index in [0.29, 0.717) is 18.9 Å². The molecule has 1 aromatic carbocycles. The lowest BCUT2D eigenvalue weighted by molar-refractivity contribution is 0.0322. The highest BCUT2D eigenvalue weighted by molar-refractivity contribution is 5.46. The van der Waals surface area contributed by atoms with Crippen molar-refractivity contribution in [2.24, 2.45) is 0 Å². The zero-order valence-corrected chi connectivity index (χ0v) is 14.1. The van der Waals surface area contributed by atoms with Crippen LogP contribution in [-0.4, -0.2) is 38.3 Å². The number of nitrogens with zero attached hydrogens (tertiary/aromatic N) is 4. The van der Waals surface area contributed by atoms with Crippen LogP contribution in [0.3, 0.4) is 0 Å². The third-order valence-electron chi connectivity index (χ3n) is 4.71. The minimum absolute atomic E-state index is 0.394. The summed E-state index contributed by atoms with van der Waals surface area (Å²) in [4.78, 5) is 8.55. The Kier molecular flexibility index (Phi) is 4.10. The number of hydrogen-bond acceptors (Lipinski definition) is 6. The monoisotopic (exact) mass is 339 g/mol. The molecule has 0 saturated heterocycles. The number of aryl methyl sites for hydroxylation is 1. The predicted molar refractivity (Wildman–Crippen MR) is 93.3 cm³/mol. The molecule has 0 bridgehead atoms. The van der Waals surface area contributed by atoms with Crippen LogP contribution in [0.4, 0.5) is 5.82 Å². The highest BCUT2D eigenvalue weighted by Crippen LogP contribution is 2.35. The minimum Gasteiger partial charge on any atom is -0.383 e. The molecule has 0 fully saturated rings. The molecule has 0 amide bonds. The summed E-state index contributed by atoms with van der Waals surface area (Å²) in [7, 11) is 1.63. The molecule has 3 aromatic rings. The van der Waals surface area contributed by atoms with Gasteiger partial charge in [-0.2, -0.15) is 14.6 Å². The van der Waals surface area contributed by atoms with Crippen molar-refractivity contribution >= 4 is 11.6 Å². The van der Waals surface area contributed by atoms with E-state index in [1.54, 1.807) is 11.6 Å². The molecule has 1 unspecified atom stereocenters. The lowest BCUT2D eigenvalue weighted by Gasteiger charge is -2.35. The zero-order chi connectivity index (χ0) is 17.3. The lowest BCUT2D eigenvalue weighted by Crippen LogP contribution is -2.38. The maximum atomic E-state index is 11.2. The van der Waals surface area contributed by atoms with Crippen LogP contribution in [0.15, 0.2) is 36.7 Å². The summed E-state index contributed by atoms with van der Waals surface area (Å²) in [5.41, 5.74) is 2.10. The Hall–Kier alpha value is -2.51. The highest BCUT2D eigenvalue weighted by Gasteiger charge is 2.34. The zero-order valence-electron chi connectivity index (χ0n) is 14.1. The number of anilines is 1. The van der Waals surface area contributed by atoms with Crippen LogP contribution in [0.25, 0.3) is 5.78 Å². The first-order valence-electron chi connectivity index (χ1n) is 8.43. The van der Waals surface area contributed by atoms with Crippen molar-refractivity contribution in [1.29, 1.82) is 0 Å². The number of methoxy groups -OCH3 is 1. The number of aromatic nitrogens is 4. The van der Waals surface area contributed by atoms with Gasteiger partial charge in [-0.25, -0.2) is 4.98 Å². The molecular weight excluding hydrogens is 318 g/mol. The summed E-state index contributed by atoms with van der Waals surface area (Å²) in [6, 6.07) is 10.00. The summed E-state index contributed by atoms with van der Waals surface area (Å²) >= 11 is 0. The second-order valence-electron chi connectivity index (χ2n) is 6.43. The Balaban J connectivity index is 1.63. The molecule has 25 heavy (non-hydrogen) atoms. The van der Waals surface area contributed by atoms with Gasteiger partial charge in [-0.1, -0.05) is 24.3 Å². The predicted octanol–water partition coefficient (Wildman–Crippen LogP) is 1.91. The Morgan fingerprint density at radius 1 is 1.36 bits per heavy atom. The van der Waals surface area contributed by atoms with Crippen molar-refractivity contribution in [2.75, 3.05) is 19.0 Å². The molecule has 2 heterocycles. The Labute approximate surface area is 145 Å². The molecule has 1 aliphatic carbocycles. The molecule has 7 heteroatoms. The first kappa shape index (κ1) is 16.0. The highest BCUT2D eigenvalue weighted by atomic mass is 16.5. The van der Waals surface area contributed by atoms with Crippen molar-refractivity contribution in [3.63, 3.8) is 0 Å². The fourth-order valence-electron chi connectivity index (χ4n) is 3.53. The van der Waals surface area contributed by atoms with Gasteiger partial charge >= 0.3 is 0 Å². The average Bonchev–Trinajstić information content (AvgIpc) is 3.09. The van der Waals surface area contributed by atoms with Crippen molar-refractivity contribution in [1.82, 2.24) is 19.6 Å². The first-order chi connectivity index (χ1) is 12.2. The fraction of sp³-hybridized carbons (Fsp3) is 0.389. The molecule has 0 saturated carbocycles. The molecule has 7 nitrogen and oxygen atoms in total. The Morgan fingerprint density at radius 3 is 3.12 bits per heavy atom. The first-order valence-corrected chi connectivity index (χ1v) is 8.43. The van der Waals surface area contributed by atoms with Gasteiger partial charge in [0.2, 0.25) is 0 Å². The second kappa shape index (κ2) is 6.42. The van der Waals surface area contributed by atoms with Crippen LogP contribution in [0.5, 0.6) is 0 Å². The van der Waals surface area contributed by atoms with E-state index >= 15 is 0 Å². The van der Waals surface area contributed by atoms with Gasteiger partial charge in [0, 0.05) is 19.7 Å². The van der Waals surface area contributed by atoms with E-state index in [2.05, 4.69) is 26.4 Å². The summed E-state index contributed by atoms with van der Waals surface area (Å²) in [5.74, 6) is 1.25. The van der Waals surface area contributed by atoms with Crippen LogP contribution in [0.1, 0.15) is 29.7 Å². The number of nitrogens with one attached hydrogen (secondary N) is 1. The Bertz CT molecular complexity index is 894. The van der Waals surface area contributed by atoms with Gasteiger partial charge in [0.1, 0.15) is 17.7 Å². The average molecular weight is 339 g/mol. The molecule has 1 atom stereocenters. The van der Waals surface area contributed by atoms with E-state index in [1.165, 1.54) is 11.9 Å². The van der Waals surface area contributed by atoms with E-state index in [1.807, 2.05) is 24.3 Å². The second-order valence-corrected chi connectivity index (χ2v) is 6.43. The van der Waals surface area contributed by atoms with E-state index in [-0.39, 0.29) is 0 Å². The van der Waals surface area contributed by atoms with Crippen LogP contribution in [0, 0.1) is 0 Å². The third-order valence-corrected chi connectivity index (χ3v) is 4.71. The number of ether oxygens (including phenoxy) is 1. The molecule has 130 valence electrons. The van der Waals surface area contributed by atoms with E-state index in [9.17, 15) is 5.11 Å². The molecule has 0 spiro atoms. The molecule has 1 aliphatic rings. The van der Waals surface area contributed by atoms with Gasteiger partial charge in [-0.3, -0.25) is 0 Å². The van der Waals surface area contributed by atoms with E-state index in [4.69, 9.17) is 4.74 Å². The molecule has 0 radical (unpaired) electrons. The summed E-state index contributed by atoms with van der Waals surface area (Å²) in [6.07, 6.45) is 4.18. The maximum Gasteiger partial charge on any atom is 0.254 e. The van der Waals surface area contributed by atoms with Crippen molar-refractivity contribution in [2.45, 2.75) is 31.5 Å². The SMILES string of the molecule is COCc1cc(NCC2(O)CCCc3ccccc32)n2ncnc2n1. The summed E-state index contributed by atoms with van der Waals surface area (Å²) in [6.45, 7) is 0.792. The molecule has 2 N–H and O–H groups in total. The van der Waals surface area contributed by atoms with Gasteiger partial charge in [-0.15, -0.1) is 0 Å². The lowest BCUT2D eigenvalue weighted by atomic mass is 9.79. The van der Waals surface area contributed by atoms with Crippen molar-refractivity contribution in [3.8, 4) is 0 Å². The third kappa shape index (κ3) is 2.96. The van der Waals surface area contributed by atoms with Crippen molar-refractivity contribution < 1.29 is 9.84 Å². The normalized spacial score (nSPS) is 19.8. The summed E-state index contributed by atoms with van der Waals surface area (Å²) in [5, 5.41) is 18.8. The number of benzene rings is 1. The van der Waals surface area contributed by atoms with Crippen LogP contribution >= 0.6 is 0 Å². The van der Waals surface area contributed by atoms with Gasteiger partial charge in [0.25, 0.3) is 5.78 Å². The molecule has 4 rings (SSSR count). The van der Waals surface area contributed by atoms with Crippen LogP contribution in [-0.2, 0) is 23.4 Å². The number of fused-ring (bicyclic) bond motifs is 2. The fourth-order valence-corrected chi connectivity index (χ4v) is 3.53. The largest absolute Gasteiger partial charge is 0.383 e. The minimum atomic E-state index is -0.896. The molecule has 0 aliphatic heterocycles. The smallest absolute Gasteiger partial charge is 0.254 e. The molecule has 2 aromatic heterocycles. The van der Waals surface area contributed by atoms with Crippen LogP contribution < -0.4 is 5.32 Å². The summed E-state index contributed by atoms with van der Waals surface area (Å²) < 4.78 is 6.81. The van der Waals surface area contributed by atoms with E-state index in [0.717, 1.165) is 36.3 Å². The standard InChI is InChI=1S/C18H21N5O2/c1-25-10-14-9-16(23-17(22-14)20-12-21-23)19-11-18(24)8-4-6-13-5-2-3-7-15(13)18/h2-3,5,7,9,12,19,24H,4,6,8,10-11H2,1H3. The molecular formula is C18H21N5O2. The number of aliphatic hydroxyl groups is 1. The van der Waals surface area contributed by atoms with Gasteiger partial charge in [0.15, 0.2) is 0 Å². The van der Waals surface area contributed by atoms with Gasteiger partial charge < -0.3 is 15.2 Å². The van der Waals surface area contributed by atoms with Gasteiger partial charge in [-0.05, 0) is 30.4 Å². The van der Waals surface area contributed by atoms with E-state index < -0.39 is 5.60 Å². The number of rotatable bonds is 5. The van der Waals surface area contributed by atoms with Crippen molar-refractivity contribution in [3.05, 3.63) is 53.5 Å². The van der Waals surface area contributed by atoms with Crippen LogP contribution in [0.2, 0.25) is 0 Å². The number of hydrogen-bond donors (Lipinski definition) is 2. The topological polar surface area (TPSA) is 84.6 Å². The quantitative estimate of drug-likeness (QED) is 0.739. The maximum absolute atomic E-state index is 11.2. The van der Waals surface area contributed by atoms with Gasteiger partial charge in [0.05, 0.1) is 12.3 Å². The Morgan fingerprint density at radius 2 is 2.24 bits per heavy atom.